The van der Waals surface area contributed by atoms with E-state index in [9.17, 15) is 27.9 Å². The van der Waals surface area contributed by atoms with Crippen LogP contribution in [0.25, 0.3) is 11.1 Å². The van der Waals surface area contributed by atoms with Crippen molar-refractivity contribution in [2.45, 2.75) is 37.8 Å². The molecule has 1 saturated heterocycles. The maximum absolute atomic E-state index is 13.1. The molecule has 0 aromatic heterocycles. The van der Waals surface area contributed by atoms with Crippen molar-refractivity contribution in [1.82, 2.24) is 10.2 Å². The minimum Gasteiger partial charge on any atom is -0.480 e. The molecule has 2 N–H and O–H groups in total. The largest absolute Gasteiger partial charge is 0.480 e. The number of amides is 2. The lowest BCUT2D eigenvalue weighted by Gasteiger charge is -2.30. The number of aliphatic carboxylic acids is 1. The zero-order chi connectivity index (χ0) is 25.2. The van der Waals surface area contributed by atoms with Gasteiger partial charge in [0.2, 0.25) is 5.91 Å². The normalized spacial score (nSPS) is 18.8. The van der Waals surface area contributed by atoms with Crippen LogP contribution in [0.1, 0.15) is 36.8 Å². The number of ether oxygens (including phenoxy) is 1. The number of fused-ring (bicyclic) bond motifs is 3. The summed E-state index contributed by atoms with van der Waals surface area (Å²) in [5.74, 6) is -2.41. The van der Waals surface area contributed by atoms with Crippen LogP contribution >= 0.6 is 0 Å². The van der Waals surface area contributed by atoms with Gasteiger partial charge < -0.3 is 20.1 Å². The summed E-state index contributed by atoms with van der Waals surface area (Å²) in [7, 11) is -3.33. The lowest BCUT2D eigenvalue weighted by molar-refractivity contribution is -0.146. The number of carboxylic acids is 1. The average molecular weight is 501 g/mol. The second-order valence-corrected chi connectivity index (χ2v) is 11.1. The second-order valence-electron chi connectivity index (χ2n) is 8.85. The molecule has 35 heavy (non-hydrogen) atoms. The number of sulfone groups is 1. The van der Waals surface area contributed by atoms with Gasteiger partial charge in [0.05, 0.1) is 11.5 Å². The summed E-state index contributed by atoms with van der Waals surface area (Å²) in [4.78, 5) is 38.2. The van der Waals surface area contributed by atoms with E-state index in [-0.39, 0.29) is 36.9 Å². The van der Waals surface area contributed by atoms with Crippen LogP contribution in [0.4, 0.5) is 4.79 Å². The van der Waals surface area contributed by atoms with Crippen LogP contribution in [0.5, 0.6) is 0 Å². The quantitative estimate of drug-likeness (QED) is 0.569. The molecule has 1 heterocycles. The van der Waals surface area contributed by atoms with Crippen LogP contribution in [0, 0.1) is 0 Å². The first-order valence-electron chi connectivity index (χ1n) is 11.5. The zero-order valence-corrected chi connectivity index (χ0v) is 20.2. The summed E-state index contributed by atoms with van der Waals surface area (Å²) < 4.78 is 29.3. The van der Waals surface area contributed by atoms with Gasteiger partial charge in [-0.2, -0.15) is 0 Å². The molecule has 2 atom stereocenters. The smallest absolute Gasteiger partial charge is 0.407 e. The van der Waals surface area contributed by atoms with Gasteiger partial charge >= 0.3 is 12.1 Å². The molecule has 186 valence electrons. The van der Waals surface area contributed by atoms with E-state index in [2.05, 4.69) is 5.32 Å². The fourth-order valence-electron chi connectivity index (χ4n) is 4.87. The molecule has 0 saturated carbocycles. The van der Waals surface area contributed by atoms with Crippen LogP contribution in [0.3, 0.4) is 0 Å². The molecule has 1 unspecified atom stereocenters. The molecule has 0 bridgehead atoms. The zero-order valence-electron chi connectivity index (χ0n) is 19.3. The van der Waals surface area contributed by atoms with Crippen molar-refractivity contribution in [3.63, 3.8) is 0 Å². The number of carboxylic acid groups (broad SMARTS) is 1. The van der Waals surface area contributed by atoms with Crippen molar-refractivity contribution in [2.75, 3.05) is 24.7 Å². The van der Waals surface area contributed by atoms with E-state index < -0.39 is 46.4 Å². The van der Waals surface area contributed by atoms with Gasteiger partial charge in [-0.25, -0.2) is 13.2 Å². The van der Waals surface area contributed by atoms with Gasteiger partial charge in [0.15, 0.2) is 9.84 Å². The van der Waals surface area contributed by atoms with Gasteiger partial charge in [0.25, 0.3) is 0 Å². The minimum atomic E-state index is -3.33. The minimum absolute atomic E-state index is 0.0736. The van der Waals surface area contributed by atoms with Crippen molar-refractivity contribution < 1.29 is 32.6 Å². The summed E-state index contributed by atoms with van der Waals surface area (Å²) in [6, 6.07) is 14.1. The summed E-state index contributed by atoms with van der Waals surface area (Å²) in [6.45, 7) is 1.11. The highest BCUT2D eigenvalue weighted by Gasteiger charge is 2.38. The first kappa shape index (κ1) is 24.7. The lowest BCUT2D eigenvalue weighted by Crippen LogP contribution is -2.53. The Balaban J connectivity index is 1.43. The molecule has 9 nitrogen and oxygen atoms in total. The predicted molar refractivity (Wildman–Crippen MR) is 129 cm³/mol. The highest BCUT2D eigenvalue weighted by molar-refractivity contribution is 7.91. The van der Waals surface area contributed by atoms with Gasteiger partial charge in [-0.3, -0.25) is 9.59 Å². The van der Waals surface area contributed by atoms with E-state index in [1.165, 1.54) is 0 Å². The molecule has 0 spiro atoms. The molecular formula is C25H28N2O7S. The van der Waals surface area contributed by atoms with E-state index in [1.807, 2.05) is 48.5 Å². The number of hydrogen-bond donors (Lipinski definition) is 2. The highest BCUT2D eigenvalue weighted by Crippen LogP contribution is 2.44. The van der Waals surface area contributed by atoms with Crippen molar-refractivity contribution in [1.29, 1.82) is 0 Å². The molecule has 4 rings (SSSR count). The predicted octanol–water partition coefficient (Wildman–Crippen LogP) is 2.40. The number of nitrogens with one attached hydrogen (secondary N) is 1. The summed E-state index contributed by atoms with van der Waals surface area (Å²) in [5.41, 5.74) is 4.29. The number of hydrogen-bond acceptors (Lipinski definition) is 6. The molecule has 10 heteroatoms. The molecule has 1 aliphatic heterocycles. The Kier molecular flexibility index (Phi) is 7.11. The van der Waals surface area contributed by atoms with Crippen LogP contribution in [-0.2, 0) is 24.2 Å². The van der Waals surface area contributed by atoms with Gasteiger partial charge in [-0.05, 0) is 35.1 Å². The maximum atomic E-state index is 13.1. The Labute approximate surface area is 204 Å². The van der Waals surface area contributed by atoms with Crippen LogP contribution < -0.4 is 5.32 Å². The number of carbonyl (C=O) groups excluding carboxylic acids is 2. The van der Waals surface area contributed by atoms with E-state index in [0.717, 1.165) is 27.2 Å². The SMILES string of the molecule is CC[C@@H](NC(=O)OCC1c2ccccc2-c2ccccc21)C(=O)N(CC(=O)O)C1CCS(=O)(=O)C1. The van der Waals surface area contributed by atoms with Gasteiger partial charge in [0, 0.05) is 12.0 Å². The second kappa shape index (κ2) is 10.1. The molecular weight excluding hydrogens is 472 g/mol. The van der Waals surface area contributed by atoms with Crippen molar-refractivity contribution in [2.24, 2.45) is 0 Å². The first-order chi connectivity index (χ1) is 16.7. The topological polar surface area (TPSA) is 130 Å². The number of rotatable bonds is 8. The number of carbonyl (C=O) groups is 3. The standard InChI is InChI=1S/C25H28N2O7S/c1-2-22(24(30)27(13-23(28)29)16-11-12-35(32,33)15-16)26-25(31)34-14-21-19-9-5-3-7-17(19)18-8-4-6-10-20(18)21/h3-10,16,21-22H,2,11-15H2,1H3,(H,26,31)(H,28,29)/t16?,22-/m1/s1. The highest BCUT2D eigenvalue weighted by atomic mass is 32.2. The van der Waals surface area contributed by atoms with Crippen molar-refractivity contribution >= 4 is 27.8 Å². The molecule has 2 aromatic carbocycles. The Hall–Kier alpha value is -3.40. The molecule has 1 fully saturated rings. The van der Waals surface area contributed by atoms with Crippen molar-refractivity contribution in [3.05, 3.63) is 59.7 Å². The van der Waals surface area contributed by atoms with Gasteiger partial charge in [-0.1, -0.05) is 55.5 Å². The summed E-state index contributed by atoms with van der Waals surface area (Å²) in [6.07, 6.45) is -0.428. The maximum Gasteiger partial charge on any atom is 0.407 e. The van der Waals surface area contributed by atoms with Crippen LogP contribution in [0.15, 0.2) is 48.5 Å². The number of alkyl carbamates (subject to hydrolysis) is 1. The first-order valence-corrected chi connectivity index (χ1v) is 13.4. The fraction of sp³-hybridized carbons (Fsp3) is 0.400. The fourth-order valence-corrected chi connectivity index (χ4v) is 6.61. The molecule has 2 amide bonds. The van der Waals surface area contributed by atoms with E-state index >= 15 is 0 Å². The van der Waals surface area contributed by atoms with Crippen LogP contribution in [-0.4, -0.2) is 73.1 Å². The molecule has 2 aromatic rings. The van der Waals surface area contributed by atoms with Crippen LogP contribution in [0.2, 0.25) is 0 Å². The third kappa shape index (κ3) is 5.32. The number of nitrogens with zero attached hydrogens (tertiary/aromatic N) is 1. The third-order valence-corrected chi connectivity index (χ3v) is 8.33. The lowest BCUT2D eigenvalue weighted by atomic mass is 9.98. The van der Waals surface area contributed by atoms with Gasteiger partial charge in [0.1, 0.15) is 19.2 Å². The van der Waals surface area contributed by atoms with E-state index in [4.69, 9.17) is 4.74 Å². The Bertz CT molecular complexity index is 1200. The Morgan fingerprint density at radius 3 is 2.20 bits per heavy atom. The summed E-state index contributed by atoms with van der Waals surface area (Å²) in [5, 5.41) is 11.8. The summed E-state index contributed by atoms with van der Waals surface area (Å²) >= 11 is 0. The van der Waals surface area contributed by atoms with E-state index in [0.29, 0.717) is 0 Å². The Morgan fingerprint density at radius 1 is 1.09 bits per heavy atom. The molecule has 2 aliphatic rings. The number of benzene rings is 2. The Morgan fingerprint density at radius 2 is 1.69 bits per heavy atom. The third-order valence-electron chi connectivity index (χ3n) is 6.58. The monoisotopic (exact) mass is 500 g/mol. The average Bonchev–Trinajstić information content (AvgIpc) is 3.36. The molecule has 1 aliphatic carbocycles. The van der Waals surface area contributed by atoms with Crippen molar-refractivity contribution in [3.8, 4) is 11.1 Å². The van der Waals surface area contributed by atoms with Gasteiger partial charge in [-0.15, -0.1) is 0 Å². The van der Waals surface area contributed by atoms with E-state index in [1.54, 1.807) is 6.92 Å². The molecule has 0 radical (unpaired) electrons.